The van der Waals surface area contributed by atoms with Gasteiger partial charge in [-0.05, 0) is 25.3 Å². The predicted octanol–water partition coefficient (Wildman–Crippen LogP) is 1.22. The first-order valence-corrected chi connectivity index (χ1v) is 10.3. The van der Waals surface area contributed by atoms with E-state index < -0.39 is 27.4 Å². The molecule has 8 heteroatoms. The Hall–Kier alpha value is -1.93. The smallest absolute Gasteiger partial charge is 0.309 e. The number of carboxylic acids is 1. The van der Waals surface area contributed by atoms with Crippen molar-refractivity contribution in [1.82, 2.24) is 9.21 Å². The largest absolute Gasteiger partial charge is 0.481 e. The third-order valence-corrected chi connectivity index (χ3v) is 7.63. The highest BCUT2D eigenvalue weighted by atomic mass is 32.2. The van der Waals surface area contributed by atoms with Gasteiger partial charge in [-0.1, -0.05) is 29.8 Å². The number of hydrogen-bond donors (Lipinski definition) is 1. The molecule has 2 aliphatic rings. The van der Waals surface area contributed by atoms with E-state index >= 15 is 0 Å². The minimum atomic E-state index is -3.49. The Labute approximate surface area is 153 Å². The van der Waals surface area contributed by atoms with Crippen molar-refractivity contribution in [2.75, 3.05) is 20.1 Å². The summed E-state index contributed by atoms with van der Waals surface area (Å²) >= 11 is 0. The minimum Gasteiger partial charge on any atom is -0.481 e. The summed E-state index contributed by atoms with van der Waals surface area (Å²) in [7, 11) is -1.86. The van der Waals surface area contributed by atoms with Gasteiger partial charge < -0.3 is 10.0 Å². The molecule has 2 heterocycles. The van der Waals surface area contributed by atoms with E-state index in [4.69, 9.17) is 0 Å². The van der Waals surface area contributed by atoms with Crippen molar-refractivity contribution in [3.05, 3.63) is 35.4 Å². The molecule has 2 fully saturated rings. The van der Waals surface area contributed by atoms with Crippen molar-refractivity contribution in [2.24, 2.45) is 5.92 Å². The number of carbonyl (C=O) groups is 2. The number of rotatable bonds is 4. The molecule has 26 heavy (non-hydrogen) atoms. The highest BCUT2D eigenvalue weighted by Crippen LogP contribution is 2.43. The van der Waals surface area contributed by atoms with Crippen molar-refractivity contribution >= 4 is 21.9 Å². The van der Waals surface area contributed by atoms with Gasteiger partial charge in [0.1, 0.15) is 0 Å². The number of amides is 1. The first-order chi connectivity index (χ1) is 12.2. The second kappa shape index (κ2) is 6.66. The molecule has 1 spiro atoms. The van der Waals surface area contributed by atoms with Crippen LogP contribution in [0.5, 0.6) is 0 Å². The summed E-state index contributed by atoms with van der Waals surface area (Å²) < 4.78 is 26.9. The molecule has 1 aromatic rings. The second-order valence-electron chi connectivity index (χ2n) is 7.30. The molecule has 0 aromatic heterocycles. The lowest BCUT2D eigenvalue weighted by molar-refractivity contribution is -0.145. The molecule has 2 aliphatic heterocycles. The number of aryl methyl sites for hydroxylation is 1. The van der Waals surface area contributed by atoms with Crippen LogP contribution in [0.2, 0.25) is 0 Å². The Morgan fingerprint density at radius 2 is 1.96 bits per heavy atom. The quantitative estimate of drug-likeness (QED) is 0.848. The van der Waals surface area contributed by atoms with Crippen LogP contribution in [0, 0.1) is 12.8 Å². The number of piperidine rings is 1. The number of nitrogens with zero attached hydrogens (tertiary/aromatic N) is 2. The van der Waals surface area contributed by atoms with Gasteiger partial charge in [0.15, 0.2) is 0 Å². The summed E-state index contributed by atoms with van der Waals surface area (Å²) in [6.07, 6.45) is 0.681. The fourth-order valence-electron chi connectivity index (χ4n) is 4.24. The molecule has 0 bridgehead atoms. The van der Waals surface area contributed by atoms with Crippen molar-refractivity contribution < 1.29 is 23.1 Å². The Morgan fingerprint density at radius 3 is 2.54 bits per heavy atom. The lowest BCUT2D eigenvalue weighted by atomic mass is 9.77. The van der Waals surface area contributed by atoms with E-state index in [-0.39, 0.29) is 31.2 Å². The minimum absolute atomic E-state index is 0.0120. The normalized spacial score (nSPS) is 23.5. The van der Waals surface area contributed by atoms with E-state index in [1.807, 2.05) is 25.1 Å². The molecule has 0 aliphatic carbocycles. The molecule has 142 valence electrons. The summed E-state index contributed by atoms with van der Waals surface area (Å²) in [6, 6.07) is 7.40. The first-order valence-electron chi connectivity index (χ1n) is 8.68. The zero-order chi connectivity index (χ0) is 19.1. The molecule has 0 radical (unpaired) electrons. The SMILES string of the molecule is Cc1cccc(CS(=O)(=O)N2CCC3(CC2)[C@H](C(=O)O)CC(=O)N3C)c1. The molecular weight excluding hydrogens is 356 g/mol. The average molecular weight is 380 g/mol. The van der Waals surface area contributed by atoms with Crippen LogP contribution in [-0.4, -0.2) is 60.3 Å². The molecule has 0 unspecified atom stereocenters. The number of sulfonamides is 1. The van der Waals surface area contributed by atoms with Crippen molar-refractivity contribution in [3.8, 4) is 0 Å². The van der Waals surface area contributed by atoms with E-state index in [0.717, 1.165) is 11.1 Å². The van der Waals surface area contributed by atoms with E-state index in [1.54, 1.807) is 13.1 Å². The molecule has 3 rings (SSSR count). The third kappa shape index (κ3) is 3.23. The van der Waals surface area contributed by atoms with Crippen molar-refractivity contribution in [3.63, 3.8) is 0 Å². The summed E-state index contributed by atoms with van der Waals surface area (Å²) in [5.41, 5.74) is 0.964. The number of carboxylic acid groups (broad SMARTS) is 1. The van der Waals surface area contributed by atoms with Gasteiger partial charge >= 0.3 is 5.97 Å². The zero-order valence-corrected chi connectivity index (χ0v) is 15.8. The van der Waals surface area contributed by atoms with E-state index in [1.165, 1.54) is 9.21 Å². The third-order valence-electron chi connectivity index (χ3n) is 5.78. The predicted molar refractivity (Wildman–Crippen MR) is 95.9 cm³/mol. The Morgan fingerprint density at radius 1 is 1.31 bits per heavy atom. The van der Waals surface area contributed by atoms with Gasteiger partial charge in [0, 0.05) is 26.6 Å². The van der Waals surface area contributed by atoms with Crippen molar-refractivity contribution in [1.29, 1.82) is 0 Å². The standard InChI is InChI=1S/C18H24N2O5S/c1-13-4-3-5-14(10-13)12-26(24,25)20-8-6-18(7-9-20)15(17(22)23)11-16(21)19(18)2/h3-5,10,15H,6-9,11-12H2,1-2H3,(H,22,23)/t15-/m0/s1. The number of hydrogen-bond acceptors (Lipinski definition) is 4. The topological polar surface area (TPSA) is 95.0 Å². The van der Waals surface area contributed by atoms with Crippen LogP contribution in [0.3, 0.4) is 0 Å². The highest BCUT2D eigenvalue weighted by molar-refractivity contribution is 7.88. The van der Waals surface area contributed by atoms with Gasteiger partial charge in [-0.15, -0.1) is 0 Å². The maximum Gasteiger partial charge on any atom is 0.309 e. The summed E-state index contributed by atoms with van der Waals surface area (Å²) in [5.74, 6) is -2.02. The monoisotopic (exact) mass is 380 g/mol. The lowest BCUT2D eigenvalue weighted by Gasteiger charge is -2.45. The molecule has 1 N–H and O–H groups in total. The highest BCUT2D eigenvalue weighted by Gasteiger charge is 2.56. The maximum absolute atomic E-state index is 12.8. The van der Waals surface area contributed by atoms with Crippen LogP contribution < -0.4 is 0 Å². The van der Waals surface area contributed by atoms with Crippen LogP contribution >= 0.6 is 0 Å². The van der Waals surface area contributed by atoms with Crippen molar-refractivity contribution in [2.45, 2.75) is 37.5 Å². The Balaban J connectivity index is 1.75. The fourth-order valence-corrected chi connectivity index (χ4v) is 5.76. The van der Waals surface area contributed by atoms with Gasteiger partial charge in [-0.3, -0.25) is 9.59 Å². The molecule has 2 saturated heterocycles. The molecular formula is C18H24N2O5S. The summed E-state index contributed by atoms with van der Waals surface area (Å²) in [6.45, 7) is 2.38. The van der Waals surface area contributed by atoms with Crippen LogP contribution in [0.4, 0.5) is 0 Å². The van der Waals surface area contributed by atoms with Gasteiger partial charge in [-0.2, -0.15) is 0 Å². The summed E-state index contributed by atoms with van der Waals surface area (Å²) in [4.78, 5) is 25.2. The molecule has 1 amide bonds. The lowest BCUT2D eigenvalue weighted by Crippen LogP contribution is -2.57. The first kappa shape index (κ1) is 18.8. The molecule has 0 saturated carbocycles. The number of benzene rings is 1. The zero-order valence-electron chi connectivity index (χ0n) is 15.0. The average Bonchev–Trinajstić information content (AvgIpc) is 2.80. The number of aliphatic carboxylic acids is 1. The van der Waals surface area contributed by atoms with Crippen LogP contribution in [0.1, 0.15) is 30.4 Å². The number of carbonyl (C=O) groups excluding carboxylic acids is 1. The van der Waals surface area contributed by atoms with Gasteiger partial charge in [-0.25, -0.2) is 12.7 Å². The summed E-state index contributed by atoms with van der Waals surface area (Å²) in [5, 5.41) is 9.50. The van der Waals surface area contributed by atoms with E-state index in [2.05, 4.69) is 0 Å². The van der Waals surface area contributed by atoms with Crippen LogP contribution in [-0.2, 0) is 25.4 Å². The Kier molecular flexibility index (Phi) is 4.83. The van der Waals surface area contributed by atoms with Crippen LogP contribution in [0.25, 0.3) is 0 Å². The molecule has 1 atom stereocenters. The van der Waals surface area contributed by atoms with Crippen LogP contribution in [0.15, 0.2) is 24.3 Å². The Bertz CT molecular complexity index is 828. The second-order valence-corrected chi connectivity index (χ2v) is 9.26. The van der Waals surface area contributed by atoms with Gasteiger partial charge in [0.2, 0.25) is 15.9 Å². The molecule has 7 nitrogen and oxygen atoms in total. The fraction of sp³-hybridized carbons (Fsp3) is 0.556. The van der Waals surface area contributed by atoms with E-state index in [0.29, 0.717) is 12.8 Å². The van der Waals surface area contributed by atoms with Gasteiger partial charge in [0.05, 0.1) is 17.2 Å². The molecule has 1 aromatic carbocycles. The maximum atomic E-state index is 12.8. The van der Waals surface area contributed by atoms with E-state index in [9.17, 15) is 23.1 Å². The number of likely N-dealkylation sites (tertiary alicyclic amines) is 1. The van der Waals surface area contributed by atoms with Gasteiger partial charge in [0.25, 0.3) is 0 Å².